The van der Waals surface area contributed by atoms with E-state index in [0.29, 0.717) is 13.0 Å². The average Bonchev–Trinajstić information content (AvgIpc) is 2.47. The van der Waals surface area contributed by atoms with E-state index in [4.69, 9.17) is 4.74 Å². The maximum Gasteiger partial charge on any atom is 0.138 e. The van der Waals surface area contributed by atoms with Crippen LogP contribution in [0.2, 0.25) is 0 Å². The van der Waals surface area contributed by atoms with Gasteiger partial charge < -0.3 is 10.1 Å². The molecule has 1 fully saturated rings. The summed E-state index contributed by atoms with van der Waals surface area (Å²) in [7, 11) is 0. The minimum atomic E-state index is -1.32. The third kappa shape index (κ3) is 2.83. The van der Waals surface area contributed by atoms with E-state index in [1.165, 1.54) is 12.8 Å². The molecular formula is C17H24FNO. The molecule has 0 saturated carbocycles. The molecule has 2 nitrogen and oxygen atoms in total. The Morgan fingerprint density at radius 2 is 2.25 bits per heavy atom. The molecule has 3 heteroatoms. The van der Waals surface area contributed by atoms with Crippen LogP contribution in [0.15, 0.2) is 18.2 Å². The van der Waals surface area contributed by atoms with Crippen molar-refractivity contribution in [2.24, 2.45) is 0 Å². The molecule has 0 radical (unpaired) electrons. The molecule has 2 unspecified atom stereocenters. The summed E-state index contributed by atoms with van der Waals surface area (Å²) in [6.45, 7) is 3.43. The topological polar surface area (TPSA) is 21.3 Å². The van der Waals surface area contributed by atoms with Crippen LogP contribution in [-0.2, 0) is 12.1 Å². The zero-order chi connectivity index (χ0) is 14.0. The smallest absolute Gasteiger partial charge is 0.138 e. The number of rotatable bonds is 3. The zero-order valence-electron chi connectivity index (χ0n) is 12.3. The molecule has 20 heavy (non-hydrogen) atoms. The Labute approximate surface area is 120 Å². The molecule has 0 aliphatic carbocycles. The highest BCUT2D eigenvalue weighted by atomic mass is 19.1. The molecule has 1 N–H and O–H groups in total. The summed E-state index contributed by atoms with van der Waals surface area (Å²) in [4.78, 5) is 0. The van der Waals surface area contributed by atoms with Crippen molar-refractivity contribution in [1.82, 2.24) is 5.32 Å². The van der Waals surface area contributed by atoms with Crippen molar-refractivity contribution in [2.45, 2.75) is 57.2 Å². The van der Waals surface area contributed by atoms with Crippen LogP contribution in [0.5, 0.6) is 5.75 Å². The van der Waals surface area contributed by atoms with Gasteiger partial charge in [-0.2, -0.15) is 0 Å². The molecule has 1 saturated heterocycles. The predicted molar refractivity (Wildman–Crippen MR) is 79.0 cm³/mol. The van der Waals surface area contributed by atoms with Gasteiger partial charge >= 0.3 is 0 Å². The lowest BCUT2D eigenvalue weighted by Gasteiger charge is -2.32. The Kier molecular flexibility index (Phi) is 3.97. The van der Waals surface area contributed by atoms with Crippen molar-refractivity contribution in [3.8, 4) is 5.75 Å². The first-order chi connectivity index (χ1) is 9.67. The molecule has 0 spiro atoms. The van der Waals surface area contributed by atoms with Gasteiger partial charge in [0, 0.05) is 18.0 Å². The third-order valence-electron chi connectivity index (χ3n) is 4.54. The van der Waals surface area contributed by atoms with Gasteiger partial charge in [0.05, 0.1) is 6.61 Å². The fourth-order valence-corrected chi connectivity index (χ4v) is 3.47. The molecule has 2 heterocycles. The van der Waals surface area contributed by atoms with Gasteiger partial charge in [-0.1, -0.05) is 24.6 Å². The molecule has 2 atom stereocenters. The molecule has 0 aromatic heterocycles. The van der Waals surface area contributed by atoms with Crippen LogP contribution in [0.1, 0.15) is 50.2 Å². The first kappa shape index (κ1) is 13.9. The first-order valence-electron chi connectivity index (χ1n) is 7.84. The highest BCUT2D eigenvalue weighted by Crippen LogP contribution is 2.41. The van der Waals surface area contributed by atoms with Crippen molar-refractivity contribution >= 4 is 0 Å². The summed E-state index contributed by atoms with van der Waals surface area (Å²) >= 11 is 0. The Bertz CT molecular complexity index is 466. The maximum absolute atomic E-state index is 15.3. The molecule has 3 rings (SSSR count). The Morgan fingerprint density at radius 3 is 3.05 bits per heavy atom. The third-order valence-corrected chi connectivity index (χ3v) is 4.54. The highest BCUT2D eigenvalue weighted by molar-refractivity contribution is 5.45. The van der Waals surface area contributed by atoms with Crippen molar-refractivity contribution in [3.63, 3.8) is 0 Å². The minimum absolute atomic E-state index is 0.290. The summed E-state index contributed by atoms with van der Waals surface area (Å²) in [5.41, 5.74) is 0.578. The molecule has 0 amide bonds. The van der Waals surface area contributed by atoms with Crippen LogP contribution in [0.25, 0.3) is 0 Å². The van der Waals surface area contributed by atoms with E-state index < -0.39 is 5.67 Å². The van der Waals surface area contributed by atoms with E-state index in [0.717, 1.165) is 42.7 Å². The Morgan fingerprint density at radius 1 is 1.35 bits per heavy atom. The van der Waals surface area contributed by atoms with Crippen LogP contribution in [0.4, 0.5) is 4.39 Å². The Hall–Kier alpha value is -1.09. The number of alkyl halides is 1. The number of aryl methyl sites for hydroxylation is 1. The lowest BCUT2D eigenvalue weighted by molar-refractivity contribution is 0.138. The van der Waals surface area contributed by atoms with Crippen LogP contribution in [0.3, 0.4) is 0 Å². The standard InChI is InChI=1S/C17H24FNO/c1-17(18,12-14-8-2-3-10-19-14)15-9-4-6-13-7-5-11-20-16(13)15/h4,6,9,14,19H,2-3,5,7-8,10-12H2,1H3. The second kappa shape index (κ2) is 5.72. The number of benzene rings is 1. The van der Waals surface area contributed by atoms with Gasteiger partial charge in [-0.15, -0.1) is 0 Å². The van der Waals surface area contributed by atoms with Crippen LogP contribution in [-0.4, -0.2) is 19.2 Å². The zero-order valence-corrected chi connectivity index (χ0v) is 12.3. The monoisotopic (exact) mass is 277 g/mol. The van der Waals surface area contributed by atoms with Crippen LogP contribution >= 0.6 is 0 Å². The SMILES string of the molecule is CC(F)(CC1CCCCN1)c1cccc2c1OCCC2. The van der Waals surface area contributed by atoms with Gasteiger partial charge in [0.15, 0.2) is 0 Å². The molecule has 1 aromatic carbocycles. The fourth-order valence-electron chi connectivity index (χ4n) is 3.47. The van der Waals surface area contributed by atoms with Gasteiger partial charge in [-0.05, 0) is 44.7 Å². The molecular weight excluding hydrogens is 253 g/mol. The van der Waals surface area contributed by atoms with Crippen molar-refractivity contribution in [3.05, 3.63) is 29.3 Å². The molecule has 2 aliphatic heterocycles. The average molecular weight is 277 g/mol. The van der Waals surface area contributed by atoms with E-state index in [9.17, 15) is 0 Å². The van der Waals surface area contributed by atoms with Crippen molar-refractivity contribution in [1.29, 1.82) is 0 Å². The summed E-state index contributed by atoms with van der Waals surface area (Å²) in [6.07, 6.45) is 6.06. The van der Waals surface area contributed by atoms with E-state index in [-0.39, 0.29) is 6.04 Å². The lowest BCUT2D eigenvalue weighted by atomic mass is 9.85. The van der Waals surface area contributed by atoms with E-state index in [1.807, 2.05) is 12.1 Å². The maximum atomic E-state index is 15.3. The van der Waals surface area contributed by atoms with Gasteiger partial charge in [-0.25, -0.2) is 4.39 Å². The second-order valence-corrected chi connectivity index (χ2v) is 6.29. The van der Waals surface area contributed by atoms with Crippen LogP contribution in [0, 0.1) is 0 Å². The second-order valence-electron chi connectivity index (χ2n) is 6.29. The predicted octanol–water partition coefficient (Wildman–Crippen LogP) is 3.73. The Balaban J connectivity index is 1.82. The van der Waals surface area contributed by atoms with E-state index in [2.05, 4.69) is 11.4 Å². The number of fused-ring (bicyclic) bond motifs is 1. The number of nitrogens with one attached hydrogen (secondary N) is 1. The number of hydrogen-bond donors (Lipinski definition) is 1. The van der Waals surface area contributed by atoms with E-state index in [1.54, 1.807) is 6.92 Å². The first-order valence-corrected chi connectivity index (χ1v) is 7.84. The molecule has 1 aromatic rings. The largest absolute Gasteiger partial charge is 0.493 e. The number of halogens is 1. The molecule has 110 valence electrons. The normalized spacial score (nSPS) is 25.4. The van der Waals surface area contributed by atoms with Crippen LogP contribution < -0.4 is 10.1 Å². The molecule has 2 aliphatic rings. The minimum Gasteiger partial charge on any atom is -0.493 e. The molecule has 0 bridgehead atoms. The number of hydrogen-bond acceptors (Lipinski definition) is 2. The number of para-hydroxylation sites is 1. The van der Waals surface area contributed by atoms with Gasteiger partial charge in [0.2, 0.25) is 0 Å². The summed E-state index contributed by atoms with van der Waals surface area (Å²) in [5.74, 6) is 0.805. The number of piperidine rings is 1. The van der Waals surface area contributed by atoms with Gasteiger partial charge in [0.25, 0.3) is 0 Å². The summed E-state index contributed by atoms with van der Waals surface area (Å²) < 4.78 is 21.0. The summed E-state index contributed by atoms with van der Waals surface area (Å²) in [6, 6.07) is 6.22. The quantitative estimate of drug-likeness (QED) is 0.909. The summed E-state index contributed by atoms with van der Waals surface area (Å²) in [5, 5.41) is 3.44. The van der Waals surface area contributed by atoms with Gasteiger partial charge in [0.1, 0.15) is 11.4 Å². The fraction of sp³-hybridized carbons (Fsp3) is 0.647. The number of ether oxygens (including phenoxy) is 1. The lowest BCUT2D eigenvalue weighted by Crippen LogP contribution is -2.38. The highest BCUT2D eigenvalue weighted by Gasteiger charge is 2.34. The van der Waals surface area contributed by atoms with E-state index >= 15 is 4.39 Å². The van der Waals surface area contributed by atoms with Crippen molar-refractivity contribution < 1.29 is 9.13 Å². The van der Waals surface area contributed by atoms with Gasteiger partial charge in [-0.3, -0.25) is 0 Å². The van der Waals surface area contributed by atoms with Crippen molar-refractivity contribution in [2.75, 3.05) is 13.2 Å².